The molecule has 1 saturated carbocycles. The molecular weight excluding hydrogens is 476 g/mol. The van der Waals surface area contributed by atoms with Crippen LogP contribution in [-0.4, -0.2) is 66.2 Å². The van der Waals surface area contributed by atoms with Crippen LogP contribution in [0.25, 0.3) is 10.9 Å². The zero-order valence-corrected chi connectivity index (χ0v) is 22.3. The van der Waals surface area contributed by atoms with E-state index in [1.807, 2.05) is 30.1 Å². The first kappa shape index (κ1) is 24.9. The van der Waals surface area contributed by atoms with Gasteiger partial charge in [-0.15, -0.1) is 5.10 Å². The van der Waals surface area contributed by atoms with Crippen molar-refractivity contribution in [3.05, 3.63) is 81.2 Å². The van der Waals surface area contributed by atoms with Gasteiger partial charge in [0.1, 0.15) is 6.04 Å². The van der Waals surface area contributed by atoms with Crippen LogP contribution in [0.4, 0.5) is 0 Å². The van der Waals surface area contributed by atoms with Crippen LogP contribution < -0.4 is 5.56 Å². The molecule has 9 heteroatoms. The smallest absolute Gasteiger partial charge is 0.253 e. The van der Waals surface area contributed by atoms with Crippen molar-refractivity contribution in [2.24, 2.45) is 0 Å². The summed E-state index contributed by atoms with van der Waals surface area (Å²) < 4.78 is 2.03. The third kappa shape index (κ3) is 4.88. The number of nitrogens with zero attached hydrogens (tertiary/aromatic N) is 7. The van der Waals surface area contributed by atoms with Gasteiger partial charge in [-0.2, -0.15) is 0 Å². The van der Waals surface area contributed by atoms with E-state index in [1.54, 1.807) is 0 Å². The number of aryl methyl sites for hydroxylation is 2. The Labute approximate surface area is 222 Å². The summed E-state index contributed by atoms with van der Waals surface area (Å²) in [5.41, 5.74) is 5.00. The van der Waals surface area contributed by atoms with Crippen molar-refractivity contribution < 1.29 is 0 Å². The van der Waals surface area contributed by atoms with Crippen LogP contribution in [0.1, 0.15) is 72.3 Å². The molecule has 1 atom stereocenters. The molecule has 0 amide bonds. The molecule has 1 unspecified atom stereocenters. The van der Waals surface area contributed by atoms with Crippen LogP contribution in [0.2, 0.25) is 0 Å². The fourth-order valence-corrected chi connectivity index (χ4v) is 6.19. The number of benzene rings is 1. The number of aromatic nitrogens is 6. The van der Waals surface area contributed by atoms with Crippen LogP contribution >= 0.6 is 0 Å². The molecular formula is C29H36N8O. The van der Waals surface area contributed by atoms with Gasteiger partial charge in [0.2, 0.25) is 0 Å². The molecule has 9 nitrogen and oxygen atoms in total. The summed E-state index contributed by atoms with van der Waals surface area (Å²) in [5, 5.41) is 14.3. The number of hydrogen-bond donors (Lipinski definition) is 1. The van der Waals surface area contributed by atoms with E-state index < -0.39 is 0 Å². The van der Waals surface area contributed by atoms with Gasteiger partial charge in [0, 0.05) is 56.1 Å². The SMILES string of the molecule is Cc1ccc(C)c2[nH]c(=O)c(C(c3nnnn3C3CCCCC3)N3CCN(Cc4cccnc4)CC3)cc12. The van der Waals surface area contributed by atoms with E-state index in [0.717, 1.165) is 79.0 Å². The summed E-state index contributed by atoms with van der Waals surface area (Å²) >= 11 is 0. The maximum Gasteiger partial charge on any atom is 0.253 e. The predicted molar refractivity (Wildman–Crippen MR) is 147 cm³/mol. The molecule has 2 fully saturated rings. The first-order valence-corrected chi connectivity index (χ1v) is 13.8. The molecule has 0 spiro atoms. The quantitative estimate of drug-likeness (QED) is 0.418. The molecule has 1 saturated heterocycles. The minimum atomic E-state index is -0.305. The molecule has 1 N–H and O–H groups in total. The van der Waals surface area contributed by atoms with Gasteiger partial charge in [0.05, 0.1) is 11.6 Å². The number of hydrogen-bond acceptors (Lipinski definition) is 7. The number of fused-ring (bicyclic) bond motifs is 1. The highest BCUT2D eigenvalue weighted by Gasteiger charge is 2.34. The fraction of sp³-hybridized carbons (Fsp3) is 0.483. The van der Waals surface area contributed by atoms with Gasteiger partial charge in [-0.3, -0.25) is 19.6 Å². The summed E-state index contributed by atoms with van der Waals surface area (Å²) in [5.74, 6) is 0.785. The Morgan fingerprint density at radius 1 is 1.03 bits per heavy atom. The van der Waals surface area contributed by atoms with E-state index in [-0.39, 0.29) is 17.6 Å². The van der Waals surface area contributed by atoms with Gasteiger partial charge in [0.25, 0.3) is 5.56 Å². The Bertz CT molecular complexity index is 1450. The van der Waals surface area contributed by atoms with Crippen LogP contribution in [-0.2, 0) is 6.54 Å². The molecule has 2 aliphatic rings. The average Bonchev–Trinajstić information content (AvgIpc) is 3.43. The van der Waals surface area contributed by atoms with E-state index >= 15 is 0 Å². The molecule has 1 aromatic carbocycles. The minimum Gasteiger partial charge on any atom is -0.321 e. The maximum atomic E-state index is 13.7. The zero-order chi connectivity index (χ0) is 26.1. The van der Waals surface area contributed by atoms with E-state index in [0.29, 0.717) is 0 Å². The summed E-state index contributed by atoms with van der Waals surface area (Å²) in [7, 11) is 0. The summed E-state index contributed by atoms with van der Waals surface area (Å²) in [6, 6.07) is 10.4. The number of piperazine rings is 1. The lowest BCUT2D eigenvalue weighted by atomic mass is 9.94. The Hall–Kier alpha value is -3.43. The minimum absolute atomic E-state index is 0.0628. The number of nitrogens with one attached hydrogen (secondary N) is 1. The summed E-state index contributed by atoms with van der Waals surface area (Å²) in [6.07, 6.45) is 9.55. The normalized spacial score (nSPS) is 18.7. The summed E-state index contributed by atoms with van der Waals surface area (Å²) in [4.78, 5) is 26.0. The number of H-pyrrole nitrogens is 1. The highest BCUT2D eigenvalue weighted by atomic mass is 16.1. The first-order valence-electron chi connectivity index (χ1n) is 13.8. The standard InChI is InChI=1S/C29H36N8O/c1-20-10-11-21(2)26-24(20)17-25(29(38)31-26)27(28-32-33-34-37(28)23-8-4-3-5-9-23)36-15-13-35(14-16-36)19-22-7-6-12-30-18-22/h6-7,10-12,17-18,23,27H,3-5,8-9,13-16,19H2,1-2H3,(H,31,38). The van der Waals surface area contributed by atoms with Crippen molar-refractivity contribution in [2.75, 3.05) is 26.2 Å². The zero-order valence-electron chi connectivity index (χ0n) is 22.3. The van der Waals surface area contributed by atoms with Crippen LogP contribution in [0, 0.1) is 13.8 Å². The molecule has 1 aliphatic heterocycles. The molecule has 0 radical (unpaired) electrons. The van der Waals surface area contributed by atoms with Gasteiger partial charge < -0.3 is 4.98 Å². The van der Waals surface area contributed by atoms with Crippen molar-refractivity contribution in [2.45, 2.75) is 64.6 Å². The van der Waals surface area contributed by atoms with E-state index in [1.165, 1.54) is 24.8 Å². The van der Waals surface area contributed by atoms with Gasteiger partial charge >= 0.3 is 0 Å². The first-order chi connectivity index (χ1) is 18.6. The van der Waals surface area contributed by atoms with Gasteiger partial charge in [-0.25, -0.2) is 4.68 Å². The van der Waals surface area contributed by atoms with Crippen molar-refractivity contribution >= 4 is 10.9 Å². The molecule has 3 aromatic heterocycles. The fourth-order valence-electron chi connectivity index (χ4n) is 6.19. The lowest BCUT2D eigenvalue weighted by Crippen LogP contribution is -2.48. The van der Waals surface area contributed by atoms with Crippen molar-refractivity contribution in [1.29, 1.82) is 0 Å². The van der Waals surface area contributed by atoms with Gasteiger partial charge in [-0.1, -0.05) is 37.5 Å². The van der Waals surface area contributed by atoms with E-state index in [2.05, 4.69) is 66.5 Å². The van der Waals surface area contributed by atoms with E-state index in [4.69, 9.17) is 0 Å². The molecule has 1 aliphatic carbocycles. The average molecular weight is 513 g/mol. The topological polar surface area (TPSA) is 95.8 Å². The Morgan fingerprint density at radius 3 is 2.58 bits per heavy atom. The van der Waals surface area contributed by atoms with E-state index in [9.17, 15) is 4.79 Å². The molecule has 4 aromatic rings. The number of aromatic amines is 1. The second kappa shape index (κ2) is 10.7. The third-order valence-corrected chi connectivity index (χ3v) is 8.35. The Morgan fingerprint density at radius 2 is 1.82 bits per heavy atom. The number of pyridine rings is 2. The molecule has 0 bridgehead atoms. The van der Waals surface area contributed by atoms with Crippen molar-refractivity contribution in [1.82, 2.24) is 40.0 Å². The van der Waals surface area contributed by atoms with Crippen molar-refractivity contribution in [3.8, 4) is 0 Å². The second-order valence-electron chi connectivity index (χ2n) is 10.9. The molecule has 38 heavy (non-hydrogen) atoms. The highest BCUT2D eigenvalue weighted by Crippen LogP contribution is 2.34. The van der Waals surface area contributed by atoms with Crippen molar-refractivity contribution in [3.63, 3.8) is 0 Å². The Balaban J connectivity index is 1.37. The Kier molecular flexibility index (Phi) is 7.04. The number of tetrazole rings is 1. The number of rotatable bonds is 6. The maximum absolute atomic E-state index is 13.7. The van der Waals surface area contributed by atoms with Gasteiger partial charge in [-0.05, 0) is 65.9 Å². The predicted octanol–water partition coefficient (Wildman–Crippen LogP) is 3.94. The largest absolute Gasteiger partial charge is 0.321 e. The van der Waals surface area contributed by atoms with Crippen LogP contribution in [0.3, 0.4) is 0 Å². The lowest BCUT2D eigenvalue weighted by Gasteiger charge is -2.39. The highest BCUT2D eigenvalue weighted by molar-refractivity contribution is 5.85. The third-order valence-electron chi connectivity index (χ3n) is 8.35. The van der Waals surface area contributed by atoms with Crippen LogP contribution in [0.5, 0.6) is 0 Å². The molecule has 198 valence electrons. The molecule has 4 heterocycles. The summed E-state index contributed by atoms with van der Waals surface area (Å²) in [6.45, 7) is 8.48. The molecule has 6 rings (SSSR count). The lowest BCUT2D eigenvalue weighted by molar-refractivity contribution is 0.0982. The second-order valence-corrected chi connectivity index (χ2v) is 10.9. The van der Waals surface area contributed by atoms with Crippen LogP contribution in [0.15, 0.2) is 47.5 Å². The van der Waals surface area contributed by atoms with Gasteiger partial charge in [0.15, 0.2) is 5.82 Å². The monoisotopic (exact) mass is 512 g/mol.